The molecular weight excluding hydrogens is 620 g/mol. The predicted molar refractivity (Wildman–Crippen MR) is 136 cm³/mol. The van der Waals surface area contributed by atoms with Crippen LogP contribution in [0.15, 0.2) is 97.1 Å². The van der Waals surface area contributed by atoms with Gasteiger partial charge < -0.3 is 4.74 Å². The predicted octanol–water partition coefficient (Wildman–Crippen LogP) is 8.07. The summed E-state index contributed by atoms with van der Waals surface area (Å²) in [6.07, 6.45) is -0.848. The van der Waals surface area contributed by atoms with Gasteiger partial charge in [0.05, 0.1) is 0 Å². The van der Waals surface area contributed by atoms with Crippen LogP contribution in [-0.4, -0.2) is 0 Å². The van der Waals surface area contributed by atoms with E-state index in [9.17, 15) is 8.78 Å². The standard InChI is InChI=1S/C26H18F2I2O/c27-21-9-1-17(2-10-21)25(19-5-13-23(29)14-6-19)31-26(18-3-11-22(28)12-4-18)20-7-15-24(30)16-8-20/h1-16,25-26H. The zero-order chi connectivity index (χ0) is 21.8. The first-order chi connectivity index (χ1) is 15.0. The molecule has 0 spiro atoms. The molecule has 0 aliphatic carbocycles. The zero-order valence-electron chi connectivity index (χ0n) is 16.3. The molecule has 0 fully saturated rings. The van der Waals surface area contributed by atoms with E-state index in [1.54, 1.807) is 24.3 Å². The summed E-state index contributed by atoms with van der Waals surface area (Å²) in [5.41, 5.74) is 3.62. The van der Waals surface area contributed by atoms with Crippen molar-refractivity contribution >= 4 is 45.2 Å². The maximum absolute atomic E-state index is 13.6. The Bertz CT molecular complexity index is 942. The minimum atomic E-state index is -0.424. The van der Waals surface area contributed by atoms with Crippen molar-refractivity contribution in [3.8, 4) is 0 Å². The Kier molecular flexibility index (Phi) is 7.35. The second kappa shape index (κ2) is 10.2. The van der Waals surface area contributed by atoms with Crippen molar-refractivity contribution in [3.05, 3.63) is 138 Å². The third-order valence-electron chi connectivity index (χ3n) is 4.96. The van der Waals surface area contributed by atoms with Gasteiger partial charge in [0, 0.05) is 7.14 Å². The van der Waals surface area contributed by atoms with Crippen molar-refractivity contribution in [2.45, 2.75) is 12.2 Å². The molecule has 31 heavy (non-hydrogen) atoms. The fourth-order valence-electron chi connectivity index (χ4n) is 3.39. The third kappa shape index (κ3) is 5.70. The Morgan fingerprint density at radius 1 is 0.452 bits per heavy atom. The van der Waals surface area contributed by atoms with Crippen molar-refractivity contribution in [1.29, 1.82) is 0 Å². The fraction of sp³-hybridized carbons (Fsp3) is 0.0769. The highest BCUT2D eigenvalue weighted by molar-refractivity contribution is 14.1. The van der Waals surface area contributed by atoms with Crippen LogP contribution in [0, 0.1) is 18.8 Å². The molecule has 0 N–H and O–H groups in total. The Morgan fingerprint density at radius 3 is 1.00 bits per heavy atom. The molecule has 0 aliphatic rings. The molecule has 0 aliphatic heterocycles. The van der Waals surface area contributed by atoms with Gasteiger partial charge in [-0.3, -0.25) is 0 Å². The fourth-order valence-corrected chi connectivity index (χ4v) is 4.10. The lowest BCUT2D eigenvalue weighted by molar-refractivity contribution is 0.0308. The molecule has 4 aromatic carbocycles. The largest absolute Gasteiger partial charge is 0.356 e. The number of ether oxygens (including phenoxy) is 1. The number of hydrogen-bond donors (Lipinski definition) is 0. The molecule has 0 radical (unpaired) electrons. The molecule has 4 aromatic rings. The Labute approximate surface area is 207 Å². The summed E-state index contributed by atoms with van der Waals surface area (Å²) in [5, 5.41) is 0. The zero-order valence-corrected chi connectivity index (χ0v) is 20.6. The lowest BCUT2D eigenvalue weighted by Crippen LogP contribution is -2.13. The average Bonchev–Trinajstić information content (AvgIpc) is 2.78. The molecule has 0 saturated carbocycles. The van der Waals surface area contributed by atoms with Gasteiger partial charge in [-0.2, -0.15) is 0 Å². The molecule has 5 heteroatoms. The molecule has 0 bridgehead atoms. The van der Waals surface area contributed by atoms with E-state index in [0.29, 0.717) is 0 Å². The Morgan fingerprint density at radius 2 is 0.710 bits per heavy atom. The van der Waals surface area contributed by atoms with E-state index in [1.807, 2.05) is 48.5 Å². The van der Waals surface area contributed by atoms with Gasteiger partial charge in [-0.25, -0.2) is 8.78 Å². The summed E-state index contributed by atoms with van der Waals surface area (Å²) in [5.74, 6) is -0.587. The van der Waals surface area contributed by atoms with Crippen LogP contribution in [0.2, 0.25) is 0 Å². The molecular formula is C26H18F2I2O. The van der Waals surface area contributed by atoms with E-state index in [4.69, 9.17) is 4.74 Å². The summed E-state index contributed by atoms with van der Waals surface area (Å²) < 4.78 is 36.1. The second-order valence-corrected chi connectivity index (χ2v) is 9.59. The quantitative estimate of drug-likeness (QED) is 0.194. The normalized spacial score (nSPS) is 13.0. The van der Waals surface area contributed by atoms with Crippen molar-refractivity contribution in [1.82, 2.24) is 0 Å². The van der Waals surface area contributed by atoms with Crippen molar-refractivity contribution in [2.75, 3.05) is 0 Å². The Balaban J connectivity index is 1.79. The SMILES string of the molecule is Fc1ccc(C(OC(c2ccc(F)cc2)c2ccc(I)cc2)c2ccc(I)cc2)cc1. The number of halogens is 4. The van der Waals surface area contributed by atoms with Gasteiger partial charge in [-0.15, -0.1) is 0 Å². The second-order valence-electron chi connectivity index (χ2n) is 7.10. The topological polar surface area (TPSA) is 9.23 Å². The van der Waals surface area contributed by atoms with E-state index >= 15 is 0 Å². The summed E-state index contributed by atoms with van der Waals surface area (Å²) in [7, 11) is 0. The molecule has 1 nitrogen and oxygen atoms in total. The van der Waals surface area contributed by atoms with Crippen LogP contribution in [0.4, 0.5) is 8.78 Å². The van der Waals surface area contributed by atoms with Crippen LogP contribution in [0.5, 0.6) is 0 Å². The van der Waals surface area contributed by atoms with Crippen LogP contribution < -0.4 is 0 Å². The van der Waals surface area contributed by atoms with Crippen LogP contribution >= 0.6 is 45.2 Å². The highest BCUT2D eigenvalue weighted by Gasteiger charge is 2.23. The summed E-state index contributed by atoms with van der Waals surface area (Å²) >= 11 is 4.52. The summed E-state index contributed by atoms with van der Waals surface area (Å²) in [4.78, 5) is 0. The first kappa shape index (κ1) is 22.4. The molecule has 156 valence electrons. The number of rotatable bonds is 6. The minimum Gasteiger partial charge on any atom is -0.356 e. The highest BCUT2D eigenvalue weighted by atomic mass is 127. The molecule has 2 atom stereocenters. The number of benzene rings is 4. The van der Waals surface area contributed by atoms with Crippen molar-refractivity contribution in [3.63, 3.8) is 0 Å². The molecule has 0 saturated heterocycles. The van der Waals surface area contributed by atoms with Gasteiger partial charge in [0.2, 0.25) is 0 Å². The highest BCUT2D eigenvalue weighted by Crippen LogP contribution is 2.36. The van der Waals surface area contributed by atoms with E-state index in [-0.39, 0.29) is 11.6 Å². The van der Waals surface area contributed by atoms with Crippen LogP contribution in [0.3, 0.4) is 0 Å². The number of hydrogen-bond acceptors (Lipinski definition) is 1. The van der Waals surface area contributed by atoms with E-state index < -0.39 is 12.2 Å². The molecule has 4 rings (SSSR count). The lowest BCUT2D eigenvalue weighted by Gasteiger charge is -2.27. The molecule has 0 aromatic heterocycles. The smallest absolute Gasteiger partial charge is 0.123 e. The van der Waals surface area contributed by atoms with Gasteiger partial charge >= 0.3 is 0 Å². The maximum atomic E-state index is 13.6. The first-order valence-electron chi connectivity index (χ1n) is 9.67. The molecule has 0 amide bonds. The monoisotopic (exact) mass is 638 g/mol. The van der Waals surface area contributed by atoms with Gasteiger partial charge in [0.15, 0.2) is 0 Å². The maximum Gasteiger partial charge on any atom is 0.123 e. The Hall–Kier alpha value is -1.84. The van der Waals surface area contributed by atoms with E-state index in [1.165, 1.54) is 24.3 Å². The van der Waals surface area contributed by atoms with Crippen LogP contribution in [0.1, 0.15) is 34.5 Å². The minimum absolute atomic E-state index is 0.294. The third-order valence-corrected chi connectivity index (χ3v) is 6.40. The van der Waals surface area contributed by atoms with Crippen LogP contribution in [0.25, 0.3) is 0 Å². The average molecular weight is 638 g/mol. The van der Waals surface area contributed by atoms with Gasteiger partial charge in [0.25, 0.3) is 0 Å². The summed E-state index contributed by atoms with van der Waals surface area (Å²) in [6, 6.07) is 28.9. The van der Waals surface area contributed by atoms with Gasteiger partial charge in [0.1, 0.15) is 23.8 Å². The molecule has 2 unspecified atom stereocenters. The van der Waals surface area contributed by atoms with Crippen molar-refractivity contribution in [2.24, 2.45) is 0 Å². The molecule has 0 heterocycles. The van der Waals surface area contributed by atoms with Gasteiger partial charge in [-0.1, -0.05) is 48.5 Å². The summed E-state index contributed by atoms with van der Waals surface area (Å²) in [6.45, 7) is 0. The van der Waals surface area contributed by atoms with Gasteiger partial charge in [-0.05, 0) is 116 Å². The van der Waals surface area contributed by atoms with E-state index in [0.717, 1.165) is 29.4 Å². The van der Waals surface area contributed by atoms with Crippen molar-refractivity contribution < 1.29 is 13.5 Å². The first-order valence-corrected chi connectivity index (χ1v) is 11.8. The van der Waals surface area contributed by atoms with Crippen LogP contribution in [-0.2, 0) is 4.74 Å². The van der Waals surface area contributed by atoms with E-state index in [2.05, 4.69) is 45.2 Å². The lowest BCUT2D eigenvalue weighted by atomic mass is 9.98.